The van der Waals surface area contributed by atoms with Crippen LogP contribution in [0, 0.1) is 0 Å². The number of phenolic OH excluding ortho intramolecular Hbond substituents is 1. The highest BCUT2D eigenvalue weighted by molar-refractivity contribution is 5.47. The van der Waals surface area contributed by atoms with E-state index < -0.39 is 0 Å². The summed E-state index contributed by atoms with van der Waals surface area (Å²) in [7, 11) is 0. The first-order chi connectivity index (χ1) is 8.04. The topological polar surface area (TPSA) is 69.7 Å². The van der Waals surface area contributed by atoms with Crippen LogP contribution < -0.4 is 5.73 Å². The summed E-state index contributed by atoms with van der Waals surface area (Å²) in [5, 5.41) is 18.6. The van der Waals surface area contributed by atoms with Crippen LogP contribution >= 0.6 is 0 Å². The van der Waals surface area contributed by atoms with Gasteiger partial charge in [-0.15, -0.1) is 0 Å². The monoisotopic (exact) mass is 238 g/mol. The second-order valence-electron chi connectivity index (χ2n) is 4.53. The second kappa shape index (κ2) is 6.47. The number of nitrogens with zero attached hydrogens (tertiary/aromatic N) is 1. The molecule has 1 aromatic rings. The lowest BCUT2D eigenvalue weighted by molar-refractivity contribution is 0.183. The Morgan fingerprint density at radius 1 is 1.35 bits per heavy atom. The molecule has 0 saturated carbocycles. The molecule has 96 valence electrons. The average Bonchev–Trinajstić information content (AvgIpc) is 2.28. The van der Waals surface area contributed by atoms with Gasteiger partial charge in [0.2, 0.25) is 0 Å². The molecule has 1 rings (SSSR count). The fourth-order valence-corrected chi connectivity index (χ4v) is 1.74. The van der Waals surface area contributed by atoms with E-state index in [4.69, 9.17) is 10.8 Å². The van der Waals surface area contributed by atoms with Crippen LogP contribution in [0.2, 0.25) is 0 Å². The van der Waals surface area contributed by atoms with E-state index in [-0.39, 0.29) is 12.4 Å². The molecule has 0 radical (unpaired) electrons. The molecule has 0 atom stereocenters. The van der Waals surface area contributed by atoms with Gasteiger partial charge in [-0.05, 0) is 38.5 Å². The summed E-state index contributed by atoms with van der Waals surface area (Å²) >= 11 is 0. The fraction of sp³-hybridized carbons (Fsp3) is 0.538. The molecule has 4 nitrogen and oxygen atoms in total. The van der Waals surface area contributed by atoms with Crippen molar-refractivity contribution < 1.29 is 10.2 Å². The van der Waals surface area contributed by atoms with Crippen molar-refractivity contribution in [3.63, 3.8) is 0 Å². The quantitative estimate of drug-likeness (QED) is 0.519. The number of nitrogens with two attached hydrogens (primary N) is 1. The molecule has 0 aliphatic rings. The Kier molecular flexibility index (Phi) is 5.25. The summed E-state index contributed by atoms with van der Waals surface area (Å²) in [5.74, 6) is 0.272. The summed E-state index contributed by atoms with van der Waals surface area (Å²) in [6, 6.07) is 5.47. The van der Waals surface area contributed by atoms with Crippen LogP contribution in [0.5, 0.6) is 5.75 Å². The molecule has 0 saturated heterocycles. The number of aromatic hydroxyl groups is 1. The molecule has 4 N–H and O–H groups in total. The number of aliphatic hydroxyl groups excluding tert-OH is 1. The molecule has 0 bridgehead atoms. The predicted molar refractivity (Wildman–Crippen MR) is 69.8 cm³/mol. The van der Waals surface area contributed by atoms with E-state index in [2.05, 4.69) is 18.7 Å². The van der Waals surface area contributed by atoms with E-state index in [1.807, 2.05) is 0 Å². The minimum Gasteiger partial charge on any atom is -0.508 e. The number of rotatable bonds is 6. The normalized spacial score (nSPS) is 11.4. The van der Waals surface area contributed by atoms with Gasteiger partial charge in [-0.3, -0.25) is 4.90 Å². The minimum atomic E-state index is 0.187. The molecule has 0 spiro atoms. The van der Waals surface area contributed by atoms with Crippen LogP contribution in [0.3, 0.4) is 0 Å². The Bertz CT molecular complexity index is 353. The van der Waals surface area contributed by atoms with E-state index >= 15 is 0 Å². The zero-order valence-electron chi connectivity index (χ0n) is 10.6. The van der Waals surface area contributed by atoms with Gasteiger partial charge >= 0.3 is 0 Å². The van der Waals surface area contributed by atoms with Crippen LogP contribution in [-0.4, -0.2) is 34.3 Å². The summed E-state index contributed by atoms with van der Waals surface area (Å²) in [4.78, 5) is 2.20. The molecular formula is C13H22N2O2. The van der Waals surface area contributed by atoms with Crippen molar-refractivity contribution in [1.29, 1.82) is 0 Å². The van der Waals surface area contributed by atoms with E-state index in [0.717, 1.165) is 18.5 Å². The standard InChI is InChI=1S/C13H22N2O2/c1-10(2)15(6-3-7-16)9-11-8-12(14)4-5-13(11)17/h4-5,8,10,16-17H,3,6-7,9,14H2,1-2H3. The number of hydrogen-bond donors (Lipinski definition) is 3. The van der Waals surface area contributed by atoms with Crippen molar-refractivity contribution in [3.05, 3.63) is 23.8 Å². The highest BCUT2D eigenvalue weighted by Crippen LogP contribution is 2.22. The van der Waals surface area contributed by atoms with E-state index in [1.165, 1.54) is 0 Å². The second-order valence-corrected chi connectivity index (χ2v) is 4.53. The molecule has 1 aromatic carbocycles. The Labute approximate surface area is 103 Å². The first kappa shape index (κ1) is 13.8. The molecule has 0 unspecified atom stereocenters. The first-order valence-electron chi connectivity index (χ1n) is 5.97. The Hall–Kier alpha value is -1.26. The van der Waals surface area contributed by atoms with Gasteiger partial charge in [0.25, 0.3) is 0 Å². The van der Waals surface area contributed by atoms with Crippen molar-refractivity contribution in [2.24, 2.45) is 0 Å². The third-order valence-corrected chi connectivity index (χ3v) is 2.81. The molecule has 4 heteroatoms. The maximum Gasteiger partial charge on any atom is 0.120 e. The van der Waals surface area contributed by atoms with E-state index in [1.54, 1.807) is 18.2 Å². The predicted octanol–water partition coefficient (Wildman–Crippen LogP) is 1.57. The lowest BCUT2D eigenvalue weighted by Crippen LogP contribution is -2.31. The van der Waals surface area contributed by atoms with Crippen LogP contribution in [0.4, 0.5) is 5.69 Å². The van der Waals surface area contributed by atoms with Crippen LogP contribution in [0.15, 0.2) is 18.2 Å². The Morgan fingerprint density at radius 2 is 2.06 bits per heavy atom. The van der Waals surface area contributed by atoms with Gasteiger partial charge in [0.1, 0.15) is 5.75 Å². The first-order valence-corrected chi connectivity index (χ1v) is 5.97. The number of benzene rings is 1. The Morgan fingerprint density at radius 3 is 2.65 bits per heavy atom. The van der Waals surface area contributed by atoms with Crippen molar-refractivity contribution in [2.45, 2.75) is 32.9 Å². The maximum atomic E-state index is 9.76. The maximum absolute atomic E-state index is 9.76. The lowest BCUT2D eigenvalue weighted by Gasteiger charge is -2.26. The molecule has 0 aliphatic heterocycles. The zero-order chi connectivity index (χ0) is 12.8. The summed E-state index contributed by atoms with van der Waals surface area (Å²) in [5.41, 5.74) is 7.20. The molecule has 0 aromatic heterocycles. The van der Waals surface area contributed by atoms with E-state index in [9.17, 15) is 5.11 Å². The SMILES string of the molecule is CC(C)N(CCCO)Cc1cc(N)ccc1O. The van der Waals surface area contributed by atoms with Gasteiger partial charge in [-0.25, -0.2) is 0 Å². The van der Waals surface area contributed by atoms with Gasteiger partial charge in [-0.1, -0.05) is 0 Å². The third kappa shape index (κ3) is 4.24. The number of anilines is 1. The highest BCUT2D eigenvalue weighted by Gasteiger charge is 2.12. The summed E-state index contributed by atoms with van der Waals surface area (Å²) in [6.45, 7) is 5.84. The zero-order valence-corrected chi connectivity index (χ0v) is 10.6. The van der Waals surface area contributed by atoms with Crippen LogP contribution in [0.1, 0.15) is 25.8 Å². The molecule has 17 heavy (non-hydrogen) atoms. The largest absolute Gasteiger partial charge is 0.508 e. The van der Waals surface area contributed by atoms with Crippen molar-refractivity contribution in [2.75, 3.05) is 18.9 Å². The van der Waals surface area contributed by atoms with Gasteiger partial charge in [0, 0.05) is 37.0 Å². The van der Waals surface area contributed by atoms with Crippen molar-refractivity contribution in [3.8, 4) is 5.75 Å². The van der Waals surface area contributed by atoms with Gasteiger partial charge in [0.15, 0.2) is 0 Å². The number of nitrogen functional groups attached to an aromatic ring is 1. The third-order valence-electron chi connectivity index (χ3n) is 2.81. The minimum absolute atomic E-state index is 0.187. The summed E-state index contributed by atoms with van der Waals surface area (Å²) < 4.78 is 0. The lowest BCUT2D eigenvalue weighted by atomic mass is 10.1. The highest BCUT2D eigenvalue weighted by atomic mass is 16.3. The molecule has 0 heterocycles. The van der Waals surface area contributed by atoms with Gasteiger partial charge in [0.05, 0.1) is 0 Å². The molecule has 0 aliphatic carbocycles. The van der Waals surface area contributed by atoms with Gasteiger partial charge < -0.3 is 15.9 Å². The summed E-state index contributed by atoms with van der Waals surface area (Å²) in [6.07, 6.45) is 0.737. The van der Waals surface area contributed by atoms with E-state index in [0.29, 0.717) is 18.3 Å². The number of hydrogen-bond acceptors (Lipinski definition) is 4. The molecule has 0 fully saturated rings. The number of phenols is 1. The van der Waals surface area contributed by atoms with Crippen LogP contribution in [0.25, 0.3) is 0 Å². The molecule has 0 amide bonds. The number of aliphatic hydroxyl groups is 1. The average molecular weight is 238 g/mol. The van der Waals surface area contributed by atoms with Crippen LogP contribution in [-0.2, 0) is 6.54 Å². The smallest absolute Gasteiger partial charge is 0.120 e. The Balaban J connectivity index is 2.74. The van der Waals surface area contributed by atoms with Crippen molar-refractivity contribution >= 4 is 5.69 Å². The van der Waals surface area contributed by atoms with Crippen molar-refractivity contribution in [1.82, 2.24) is 4.90 Å². The van der Waals surface area contributed by atoms with Gasteiger partial charge in [-0.2, -0.15) is 0 Å². The molecular weight excluding hydrogens is 216 g/mol. The fourth-order valence-electron chi connectivity index (χ4n) is 1.74.